The summed E-state index contributed by atoms with van der Waals surface area (Å²) < 4.78 is 0. The van der Waals surface area contributed by atoms with Crippen molar-refractivity contribution in [1.29, 1.82) is 0 Å². The van der Waals surface area contributed by atoms with Crippen LogP contribution in [-0.4, -0.2) is 0 Å². The zero-order chi connectivity index (χ0) is 37.2. The predicted octanol–water partition coefficient (Wildman–Crippen LogP) is 8.58. The van der Waals surface area contributed by atoms with E-state index in [1.165, 1.54) is 66.8 Å². The summed E-state index contributed by atoms with van der Waals surface area (Å²) in [6.45, 7) is 38.1. The lowest BCUT2D eigenvalue weighted by molar-refractivity contribution is 0.717. The van der Waals surface area contributed by atoms with Crippen LogP contribution in [0.3, 0.4) is 0 Å². The molecule has 0 atom stereocenters. The molecule has 0 unspecified atom stereocenters. The highest BCUT2D eigenvalue weighted by atomic mass is 14.9. The largest absolute Gasteiger partial charge is 0.384 e. The van der Waals surface area contributed by atoms with Gasteiger partial charge in [-0.3, -0.25) is 0 Å². The number of nitrogens with one attached hydrogen (secondary N) is 6. The summed E-state index contributed by atoms with van der Waals surface area (Å²) in [5.41, 5.74) is 23.0. The van der Waals surface area contributed by atoms with Crippen molar-refractivity contribution in [2.45, 2.75) is 140 Å². The lowest BCUT2D eigenvalue weighted by atomic mass is 9.83. The Morgan fingerprint density at radius 3 is 0.706 bits per heavy atom. The molecule has 0 radical (unpaired) electrons. The summed E-state index contributed by atoms with van der Waals surface area (Å²) in [4.78, 5) is 0. The van der Waals surface area contributed by atoms with Crippen LogP contribution in [0.4, 0.5) is 0 Å². The van der Waals surface area contributed by atoms with Crippen molar-refractivity contribution in [3.05, 3.63) is 139 Å². The first-order valence-corrected chi connectivity index (χ1v) is 19.4. The molecule has 2 aromatic rings. The molecule has 0 aromatic heterocycles. The van der Waals surface area contributed by atoms with Crippen molar-refractivity contribution < 1.29 is 0 Å². The molecule has 6 N–H and O–H groups in total. The van der Waals surface area contributed by atoms with E-state index in [1.54, 1.807) is 0 Å². The van der Waals surface area contributed by atoms with Gasteiger partial charge in [0.05, 0.1) is 0 Å². The summed E-state index contributed by atoms with van der Waals surface area (Å²) in [7, 11) is 0. The molecule has 3 aliphatic heterocycles. The Balaban J connectivity index is 2.05. The molecule has 276 valence electrons. The van der Waals surface area contributed by atoms with Crippen LogP contribution in [0.2, 0.25) is 0 Å². The fourth-order valence-corrected chi connectivity index (χ4v) is 8.41. The Hall–Kier alpha value is -4.32. The number of benzene rings is 2. The normalized spacial score (nSPS) is 18.2. The Morgan fingerprint density at radius 1 is 0.353 bits per heavy atom. The molecule has 0 amide bonds. The maximum absolute atomic E-state index is 4.46. The quantitative estimate of drug-likeness (QED) is 0.183. The second kappa shape index (κ2) is 18.3. The van der Waals surface area contributed by atoms with Crippen LogP contribution >= 0.6 is 0 Å². The molecule has 0 saturated heterocycles. The Bertz CT molecular complexity index is 1490. The van der Waals surface area contributed by atoms with Gasteiger partial charge in [0.15, 0.2) is 0 Å². The van der Waals surface area contributed by atoms with Crippen molar-refractivity contribution in [3.63, 3.8) is 0 Å². The van der Waals surface area contributed by atoms with Gasteiger partial charge in [-0.1, -0.05) is 61.3 Å². The molecule has 6 heteroatoms. The number of rotatable bonds is 6. The minimum Gasteiger partial charge on any atom is -0.384 e. The number of hydrogen-bond acceptors (Lipinski definition) is 6. The number of fused-ring (bicyclic) bond motifs is 15. The summed E-state index contributed by atoms with van der Waals surface area (Å²) >= 11 is 0. The summed E-state index contributed by atoms with van der Waals surface area (Å²) in [5.74, 6) is 0. The molecular weight excluding hydrogens is 625 g/mol. The van der Waals surface area contributed by atoms with E-state index in [2.05, 4.69) is 132 Å². The molecule has 3 aliphatic rings. The van der Waals surface area contributed by atoms with Crippen LogP contribution in [-0.2, 0) is 77.8 Å². The summed E-state index contributed by atoms with van der Waals surface area (Å²) in [5, 5.41) is 22.6. The van der Waals surface area contributed by atoms with Crippen molar-refractivity contribution in [2.75, 3.05) is 0 Å². The Kier molecular flexibility index (Phi) is 14.1. The molecular formula is C45H66N6. The molecule has 3 heterocycles. The van der Waals surface area contributed by atoms with E-state index in [-0.39, 0.29) is 0 Å². The van der Waals surface area contributed by atoms with E-state index >= 15 is 0 Å². The number of allylic oxidation sites excluding steroid dienone is 6. The van der Waals surface area contributed by atoms with Crippen molar-refractivity contribution in [3.8, 4) is 0 Å². The third-order valence-corrected chi connectivity index (χ3v) is 10.8. The van der Waals surface area contributed by atoms with E-state index in [1.807, 2.05) is 0 Å². The van der Waals surface area contributed by atoms with Crippen molar-refractivity contribution in [2.24, 2.45) is 0 Å². The molecule has 6 bridgehead atoms. The van der Waals surface area contributed by atoms with Crippen LogP contribution in [0, 0.1) is 0 Å². The molecule has 6 nitrogen and oxygen atoms in total. The second-order valence-electron chi connectivity index (χ2n) is 14.0. The maximum Gasteiger partial charge on any atom is 0.0406 e. The lowest BCUT2D eigenvalue weighted by Crippen LogP contribution is -2.26. The van der Waals surface area contributed by atoms with Gasteiger partial charge < -0.3 is 31.9 Å². The van der Waals surface area contributed by atoms with E-state index < -0.39 is 0 Å². The lowest BCUT2D eigenvalue weighted by Gasteiger charge is -2.28. The topological polar surface area (TPSA) is 72.2 Å². The zero-order valence-corrected chi connectivity index (χ0v) is 33.3. The highest BCUT2D eigenvalue weighted by Gasteiger charge is 2.23. The van der Waals surface area contributed by atoms with E-state index in [0.29, 0.717) is 0 Å². The highest BCUT2D eigenvalue weighted by molar-refractivity contribution is 5.55. The Morgan fingerprint density at radius 2 is 0.529 bits per heavy atom. The summed E-state index contributed by atoms with van der Waals surface area (Å²) in [6, 6.07) is 0. The van der Waals surface area contributed by atoms with Crippen LogP contribution < -0.4 is 31.9 Å². The van der Waals surface area contributed by atoms with Gasteiger partial charge in [-0.15, -0.1) is 0 Å². The van der Waals surface area contributed by atoms with E-state index in [9.17, 15) is 0 Å². The van der Waals surface area contributed by atoms with Crippen molar-refractivity contribution >= 4 is 0 Å². The van der Waals surface area contributed by atoms with Crippen LogP contribution in [0.1, 0.15) is 129 Å². The van der Waals surface area contributed by atoms with Gasteiger partial charge in [-0.2, -0.15) is 0 Å². The standard InChI is InChI=1S/C45H66N6/c1-13-34-40-22-46-28(7)19-30(9)49-25-43-37(16-4)44-26-50-31(10)20-29(8)47-23-41(34)36(15-3)42(35(40)14-2)24-48-32(11)21-33(12)51-27-45(38(43)17-5)39(44)18-6/h19-21,46-51H,7-8,11,13-18,22-27H2,1-6,9-10,12H3/b30-19-,31-20-,33-21?. The molecule has 51 heavy (non-hydrogen) atoms. The van der Waals surface area contributed by atoms with Gasteiger partial charge in [0, 0.05) is 73.5 Å². The fourth-order valence-electron chi connectivity index (χ4n) is 8.41. The molecule has 5 rings (SSSR count). The average molecular weight is 691 g/mol. The minimum atomic E-state index is 0.720. The van der Waals surface area contributed by atoms with Gasteiger partial charge >= 0.3 is 0 Å². The van der Waals surface area contributed by atoms with Gasteiger partial charge in [0.2, 0.25) is 0 Å². The third-order valence-electron chi connectivity index (χ3n) is 10.8. The Labute approximate surface area is 310 Å². The minimum absolute atomic E-state index is 0.720. The van der Waals surface area contributed by atoms with E-state index in [4.69, 9.17) is 0 Å². The van der Waals surface area contributed by atoms with Gasteiger partial charge in [-0.25, -0.2) is 0 Å². The number of hydrogen-bond donors (Lipinski definition) is 6. The first-order valence-electron chi connectivity index (χ1n) is 19.4. The van der Waals surface area contributed by atoms with Crippen LogP contribution in [0.15, 0.2) is 72.1 Å². The van der Waals surface area contributed by atoms with Crippen molar-refractivity contribution in [1.82, 2.24) is 31.9 Å². The maximum atomic E-state index is 4.46. The summed E-state index contributed by atoms with van der Waals surface area (Å²) in [6.07, 6.45) is 12.3. The molecule has 0 fully saturated rings. The fraction of sp³-hybridized carbons (Fsp3) is 0.467. The molecule has 0 saturated carbocycles. The average Bonchev–Trinajstić information content (AvgIpc) is 3.10. The zero-order valence-electron chi connectivity index (χ0n) is 33.3. The predicted molar refractivity (Wildman–Crippen MR) is 219 cm³/mol. The first-order chi connectivity index (χ1) is 24.5. The van der Waals surface area contributed by atoms with Gasteiger partial charge in [0.1, 0.15) is 0 Å². The van der Waals surface area contributed by atoms with Gasteiger partial charge in [0.25, 0.3) is 0 Å². The molecule has 2 aromatic carbocycles. The highest BCUT2D eigenvalue weighted by Crippen LogP contribution is 2.33. The molecule has 0 aliphatic carbocycles. The first kappa shape index (κ1) is 39.5. The second-order valence-corrected chi connectivity index (χ2v) is 14.0. The van der Waals surface area contributed by atoms with E-state index in [0.717, 1.165) is 112 Å². The SMILES string of the molecule is C=C1C=C(C)NCc2c(CC)c3c(CC)c(c2CC)CN/C(C)=C\C(=C)NCc2c(CC)c(c(CC)c(c2CC)CNC(=C)/C=C(/C)NC3)CN1. The smallest absolute Gasteiger partial charge is 0.0406 e. The van der Waals surface area contributed by atoms with Gasteiger partial charge in [-0.05, 0) is 144 Å². The molecule has 0 spiro atoms. The monoisotopic (exact) mass is 691 g/mol. The third kappa shape index (κ3) is 9.13. The van der Waals surface area contributed by atoms with Crippen LogP contribution in [0.25, 0.3) is 0 Å². The van der Waals surface area contributed by atoms with Crippen LogP contribution in [0.5, 0.6) is 0 Å².